The lowest BCUT2D eigenvalue weighted by Gasteiger charge is -2.23. The molecule has 134 valence electrons. The number of likely N-dealkylation sites (N-methyl/N-ethyl adjacent to an activating group) is 1. The molecule has 5 heteroatoms. The van der Waals surface area contributed by atoms with Crippen LogP contribution in [0.25, 0.3) is 5.57 Å². The third kappa shape index (κ3) is 3.67. The lowest BCUT2D eigenvalue weighted by atomic mass is 10.1. The van der Waals surface area contributed by atoms with Gasteiger partial charge >= 0.3 is 0 Å². The highest BCUT2D eigenvalue weighted by Gasteiger charge is 2.36. The normalized spacial score (nSPS) is 17.5. The number of benzene rings is 2. The Labute approximate surface area is 152 Å². The van der Waals surface area contributed by atoms with Gasteiger partial charge in [0.1, 0.15) is 11.9 Å². The summed E-state index contributed by atoms with van der Waals surface area (Å²) in [5, 5.41) is 0. The third-order valence-electron chi connectivity index (χ3n) is 4.70. The fourth-order valence-electron chi connectivity index (χ4n) is 3.13. The van der Waals surface area contributed by atoms with Crippen molar-refractivity contribution in [2.24, 2.45) is 0 Å². The predicted molar refractivity (Wildman–Crippen MR) is 100 cm³/mol. The average Bonchev–Trinajstić information content (AvgIpc) is 3.03. The number of amides is 2. The van der Waals surface area contributed by atoms with Gasteiger partial charge in [0.15, 0.2) is 0 Å². The summed E-state index contributed by atoms with van der Waals surface area (Å²) in [5.41, 5.74) is 2.35. The Kier molecular flexibility index (Phi) is 5.16. The summed E-state index contributed by atoms with van der Waals surface area (Å²) in [6, 6.07) is 15.0. The number of hydrogen-bond acceptors (Lipinski definition) is 2. The summed E-state index contributed by atoms with van der Waals surface area (Å²) >= 11 is 0. The molecule has 1 aliphatic heterocycles. The number of rotatable bonds is 4. The molecule has 2 aromatic carbocycles. The summed E-state index contributed by atoms with van der Waals surface area (Å²) < 4.78 is 13.0. The highest BCUT2D eigenvalue weighted by atomic mass is 19.1. The van der Waals surface area contributed by atoms with Crippen LogP contribution in [-0.4, -0.2) is 36.3 Å². The minimum atomic E-state index is -0.472. The Hall–Kier alpha value is -2.95. The maximum absolute atomic E-state index is 13.0. The van der Waals surface area contributed by atoms with E-state index in [4.69, 9.17) is 0 Å². The first-order chi connectivity index (χ1) is 12.5. The Morgan fingerprint density at radius 3 is 2.46 bits per heavy atom. The smallest absolute Gasteiger partial charge is 0.249 e. The molecule has 0 aliphatic carbocycles. The largest absolute Gasteiger partial charge is 0.330 e. The van der Waals surface area contributed by atoms with E-state index in [1.807, 2.05) is 30.3 Å². The third-order valence-corrected chi connectivity index (χ3v) is 4.70. The van der Waals surface area contributed by atoms with E-state index in [-0.39, 0.29) is 17.6 Å². The van der Waals surface area contributed by atoms with Gasteiger partial charge in [-0.1, -0.05) is 30.3 Å². The van der Waals surface area contributed by atoms with Gasteiger partial charge in [-0.15, -0.1) is 0 Å². The molecule has 1 atom stereocenters. The maximum atomic E-state index is 13.0. The van der Waals surface area contributed by atoms with Crippen LogP contribution >= 0.6 is 0 Å². The molecule has 4 nitrogen and oxygen atoms in total. The zero-order valence-electron chi connectivity index (χ0n) is 14.9. The van der Waals surface area contributed by atoms with E-state index in [0.717, 1.165) is 16.8 Å². The fraction of sp³-hybridized carbons (Fsp3) is 0.238. The average molecular weight is 352 g/mol. The molecule has 0 saturated carbocycles. The summed E-state index contributed by atoms with van der Waals surface area (Å²) in [6.45, 7) is 2.39. The number of halogens is 1. The molecule has 1 unspecified atom stereocenters. The molecule has 0 bridgehead atoms. The van der Waals surface area contributed by atoms with Crippen molar-refractivity contribution >= 4 is 23.1 Å². The van der Waals surface area contributed by atoms with E-state index < -0.39 is 6.04 Å². The number of nitrogens with zero attached hydrogens (tertiary/aromatic N) is 2. The summed E-state index contributed by atoms with van der Waals surface area (Å²) in [4.78, 5) is 28.5. The number of para-hydroxylation sites is 1. The highest BCUT2D eigenvalue weighted by molar-refractivity contribution is 6.03. The first kappa shape index (κ1) is 17.9. The molecule has 1 saturated heterocycles. The van der Waals surface area contributed by atoms with Gasteiger partial charge in [0, 0.05) is 25.4 Å². The molecule has 1 fully saturated rings. The summed E-state index contributed by atoms with van der Waals surface area (Å²) in [6.07, 6.45) is 2.09. The van der Waals surface area contributed by atoms with E-state index in [9.17, 15) is 14.0 Å². The summed E-state index contributed by atoms with van der Waals surface area (Å²) in [7, 11) is 1.65. The number of anilines is 1. The Balaban J connectivity index is 1.71. The van der Waals surface area contributed by atoms with E-state index in [0.29, 0.717) is 13.0 Å². The lowest BCUT2D eigenvalue weighted by molar-refractivity contribution is -0.132. The molecule has 0 aromatic heterocycles. The minimum absolute atomic E-state index is 0.0696. The molecular weight excluding hydrogens is 331 g/mol. The molecule has 0 spiro atoms. The monoisotopic (exact) mass is 352 g/mol. The predicted octanol–water partition coefficient (Wildman–Crippen LogP) is 3.49. The van der Waals surface area contributed by atoms with Crippen LogP contribution in [0.2, 0.25) is 0 Å². The Bertz CT molecular complexity index is 831. The number of allylic oxidation sites excluding steroid dienone is 1. The Morgan fingerprint density at radius 2 is 1.81 bits per heavy atom. The van der Waals surface area contributed by atoms with Crippen molar-refractivity contribution < 1.29 is 14.0 Å². The molecule has 2 amide bonds. The zero-order valence-corrected chi connectivity index (χ0v) is 14.9. The van der Waals surface area contributed by atoms with Crippen molar-refractivity contribution in [1.29, 1.82) is 0 Å². The first-order valence-corrected chi connectivity index (χ1v) is 8.55. The van der Waals surface area contributed by atoms with Crippen LogP contribution in [0.15, 0.2) is 60.7 Å². The van der Waals surface area contributed by atoms with Gasteiger partial charge in [0.25, 0.3) is 0 Å². The topological polar surface area (TPSA) is 40.6 Å². The molecule has 2 aromatic rings. The molecule has 0 N–H and O–H groups in total. The molecule has 0 radical (unpaired) electrons. The first-order valence-electron chi connectivity index (χ1n) is 8.55. The number of carbonyl (C=O) groups excluding carboxylic acids is 2. The van der Waals surface area contributed by atoms with Crippen molar-refractivity contribution in [3.8, 4) is 0 Å². The molecule has 3 rings (SSSR count). The van der Waals surface area contributed by atoms with Crippen molar-refractivity contribution in [3.05, 3.63) is 72.1 Å². The van der Waals surface area contributed by atoms with E-state index in [1.54, 1.807) is 31.0 Å². The second-order valence-electron chi connectivity index (χ2n) is 6.41. The van der Waals surface area contributed by atoms with Crippen LogP contribution < -0.4 is 4.90 Å². The van der Waals surface area contributed by atoms with Crippen LogP contribution in [0.3, 0.4) is 0 Å². The fourth-order valence-corrected chi connectivity index (χ4v) is 3.13. The second kappa shape index (κ2) is 7.52. The summed E-state index contributed by atoms with van der Waals surface area (Å²) in [5.74, 6) is -0.623. The van der Waals surface area contributed by atoms with E-state index in [1.165, 1.54) is 23.1 Å². The van der Waals surface area contributed by atoms with Crippen LogP contribution in [-0.2, 0) is 9.59 Å². The van der Waals surface area contributed by atoms with Gasteiger partial charge in [-0.2, -0.15) is 0 Å². The van der Waals surface area contributed by atoms with E-state index in [2.05, 4.69) is 0 Å². The van der Waals surface area contributed by atoms with Crippen molar-refractivity contribution in [1.82, 2.24) is 4.90 Å². The highest BCUT2D eigenvalue weighted by Crippen LogP contribution is 2.24. The van der Waals surface area contributed by atoms with Crippen LogP contribution in [0.4, 0.5) is 10.1 Å². The molecular formula is C21H21FN2O2. The van der Waals surface area contributed by atoms with Crippen molar-refractivity contribution in [2.45, 2.75) is 19.4 Å². The number of hydrogen-bond donors (Lipinski definition) is 0. The van der Waals surface area contributed by atoms with Gasteiger partial charge in [-0.05, 0) is 48.7 Å². The van der Waals surface area contributed by atoms with Gasteiger partial charge in [-0.25, -0.2) is 4.39 Å². The van der Waals surface area contributed by atoms with Crippen molar-refractivity contribution in [2.75, 3.05) is 18.5 Å². The SMILES string of the molecule is C/C(=C/C(=O)N(C)C1CCN(c2ccccc2)C1=O)c1ccc(F)cc1. The minimum Gasteiger partial charge on any atom is -0.330 e. The van der Waals surface area contributed by atoms with Crippen LogP contribution in [0, 0.1) is 5.82 Å². The zero-order chi connectivity index (χ0) is 18.7. The standard InChI is InChI=1S/C21H21FN2O2/c1-15(16-8-10-17(22)11-9-16)14-20(25)23(2)19-12-13-24(21(19)26)18-6-4-3-5-7-18/h3-11,14,19H,12-13H2,1-2H3/b15-14-. The van der Waals surface area contributed by atoms with Gasteiger partial charge in [-0.3, -0.25) is 9.59 Å². The quantitative estimate of drug-likeness (QED) is 0.791. The molecule has 1 aliphatic rings. The second-order valence-corrected chi connectivity index (χ2v) is 6.41. The number of carbonyl (C=O) groups is 2. The lowest BCUT2D eigenvalue weighted by Crippen LogP contribution is -2.42. The molecule has 26 heavy (non-hydrogen) atoms. The van der Waals surface area contributed by atoms with Crippen molar-refractivity contribution in [3.63, 3.8) is 0 Å². The van der Waals surface area contributed by atoms with E-state index >= 15 is 0 Å². The Morgan fingerprint density at radius 1 is 1.15 bits per heavy atom. The molecule has 1 heterocycles. The van der Waals surface area contributed by atoms with Gasteiger partial charge in [0.05, 0.1) is 0 Å². The van der Waals surface area contributed by atoms with Crippen LogP contribution in [0.1, 0.15) is 18.9 Å². The van der Waals surface area contributed by atoms with Crippen LogP contribution in [0.5, 0.6) is 0 Å². The maximum Gasteiger partial charge on any atom is 0.249 e. The van der Waals surface area contributed by atoms with Gasteiger partial charge < -0.3 is 9.80 Å². The van der Waals surface area contributed by atoms with Gasteiger partial charge in [0.2, 0.25) is 11.8 Å².